The van der Waals surface area contributed by atoms with Crippen molar-refractivity contribution >= 4 is 51.2 Å². The van der Waals surface area contributed by atoms with E-state index in [0.717, 1.165) is 10.0 Å². The predicted octanol–water partition coefficient (Wildman–Crippen LogP) is 4.77. The number of rotatable bonds is 6. The second-order valence-electron chi connectivity index (χ2n) is 6.12. The number of benzene rings is 3. The van der Waals surface area contributed by atoms with Gasteiger partial charge in [0, 0.05) is 20.7 Å². The van der Waals surface area contributed by atoms with E-state index in [1.165, 1.54) is 6.21 Å². The van der Waals surface area contributed by atoms with Crippen molar-refractivity contribution in [1.29, 1.82) is 0 Å². The Hall–Kier alpha value is -3.16. The molecule has 3 aromatic rings. The van der Waals surface area contributed by atoms with Gasteiger partial charge in [-0.05, 0) is 48.0 Å². The van der Waals surface area contributed by atoms with Gasteiger partial charge >= 0.3 is 11.8 Å². The van der Waals surface area contributed by atoms with E-state index < -0.39 is 11.8 Å². The Labute approximate surface area is 187 Å². The van der Waals surface area contributed by atoms with Crippen molar-refractivity contribution in [2.24, 2.45) is 5.10 Å². The van der Waals surface area contributed by atoms with Crippen LogP contribution >= 0.6 is 27.5 Å². The molecule has 0 aliphatic rings. The van der Waals surface area contributed by atoms with Gasteiger partial charge in [-0.15, -0.1) is 0 Å². The molecule has 0 heterocycles. The summed E-state index contributed by atoms with van der Waals surface area (Å²) in [4.78, 5) is 23.9. The smallest absolute Gasteiger partial charge is 0.329 e. The normalized spacial score (nSPS) is 10.6. The number of carbonyl (C=O) groups excluding carboxylic acids is 2. The fraction of sp³-hybridized carbons (Fsp3) is 0.0455. The highest BCUT2D eigenvalue weighted by molar-refractivity contribution is 9.10. The molecule has 0 aliphatic carbocycles. The molecule has 0 bridgehead atoms. The van der Waals surface area contributed by atoms with E-state index in [4.69, 9.17) is 16.3 Å². The summed E-state index contributed by atoms with van der Waals surface area (Å²) in [5.74, 6) is -1.15. The molecule has 8 heteroatoms. The molecule has 0 saturated heterocycles. The van der Waals surface area contributed by atoms with Gasteiger partial charge in [0.2, 0.25) is 0 Å². The summed E-state index contributed by atoms with van der Waals surface area (Å²) in [5, 5.41) is 6.86. The first-order chi connectivity index (χ1) is 14.5. The highest BCUT2D eigenvalue weighted by atomic mass is 79.9. The molecule has 2 N–H and O–H groups in total. The van der Waals surface area contributed by atoms with Crippen LogP contribution in [0.3, 0.4) is 0 Å². The van der Waals surface area contributed by atoms with Gasteiger partial charge < -0.3 is 10.1 Å². The molecule has 152 valence electrons. The third-order valence-corrected chi connectivity index (χ3v) is 4.63. The minimum absolute atomic E-state index is 0.388. The van der Waals surface area contributed by atoms with Gasteiger partial charge in [0.15, 0.2) is 0 Å². The molecular formula is C22H17BrClN3O3. The number of halogens is 2. The molecule has 0 fully saturated rings. The first kappa shape index (κ1) is 21.5. The predicted molar refractivity (Wildman–Crippen MR) is 121 cm³/mol. The topological polar surface area (TPSA) is 79.8 Å². The SMILES string of the molecule is O=C(NN=Cc1cc(Br)ccc1OCc1ccccc1)C(=O)Nc1ccc(Cl)cc1. The molecule has 0 radical (unpaired) electrons. The summed E-state index contributed by atoms with van der Waals surface area (Å²) in [7, 11) is 0. The summed E-state index contributed by atoms with van der Waals surface area (Å²) >= 11 is 9.19. The Morgan fingerprint density at radius 2 is 1.73 bits per heavy atom. The van der Waals surface area contributed by atoms with E-state index in [-0.39, 0.29) is 0 Å². The average molecular weight is 487 g/mol. The van der Waals surface area contributed by atoms with Crippen LogP contribution in [0.5, 0.6) is 5.75 Å². The van der Waals surface area contributed by atoms with Crippen molar-refractivity contribution in [2.45, 2.75) is 6.61 Å². The van der Waals surface area contributed by atoms with Crippen molar-refractivity contribution in [2.75, 3.05) is 5.32 Å². The summed E-state index contributed by atoms with van der Waals surface area (Å²) in [6.45, 7) is 0.388. The maximum atomic E-state index is 12.0. The van der Waals surface area contributed by atoms with Gasteiger partial charge in [-0.3, -0.25) is 9.59 Å². The van der Waals surface area contributed by atoms with E-state index >= 15 is 0 Å². The van der Waals surface area contributed by atoms with E-state index in [0.29, 0.717) is 28.6 Å². The summed E-state index contributed by atoms with van der Waals surface area (Å²) in [5.41, 5.74) is 4.32. The molecule has 0 atom stereocenters. The van der Waals surface area contributed by atoms with E-state index in [1.54, 1.807) is 36.4 Å². The van der Waals surface area contributed by atoms with Gasteiger partial charge in [-0.2, -0.15) is 5.10 Å². The fourth-order valence-corrected chi connectivity index (χ4v) is 2.92. The molecule has 0 aliphatic heterocycles. The first-order valence-corrected chi connectivity index (χ1v) is 10.0. The third-order valence-electron chi connectivity index (χ3n) is 3.89. The van der Waals surface area contributed by atoms with Crippen LogP contribution in [-0.2, 0) is 16.2 Å². The number of hydrogen-bond donors (Lipinski definition) is 2. The summed E-state index contributed by atoms with van der Waals surface area (Å²) in [6.07, 6.45) is 1.42. The molecule has 30 heavy (non-hydrogen) atoms. The van der Waals surface area contributed by atoms with E-state index in [9.17, 15) is 9.59 Å². The van der Waals surface area contributed by atoms with Crippen LogP contribution in [-0.4, -0.2) is 18.0 Å². The van der Waals surface area contributed by atoms with Gasteiger partial charge in [0.25, 0.3) is 0 Å². The number of hydrogen-bond acceptors (Lipinski definition) is 4. The van der Waals surface area contributed by atoms with E-state index in [1.807, 2.05) is 36.4 Å². The zero-order chi connectivity index (χ0) is 21.3. The van der Waals surface area contributed by atoms with Crippen LogP contribution in [0.25, 0.3) is 0 Å². The molecule has 0 saturated carbocycles. The molecule has 6 nitrogen and oxygen atoms in total. The summed E-state index contributed by atoms with van der Waals surface area (Å²) < 4.78 is 6.68. The highest BCUT2D eigenvalue weighted by Crippen LogP contribution is 2.23. The quantitative estimate of drug-likeness (QED) is 0.299. The van der Waals surface area contributed by atoms with Crippen LogP contribution in [0.2, 0.25) is 5.02 Å². The third kappa shape index (κ3) is 6.43. The molecule has 3 aromatic carbocycles. The zero-order valence-corrected chi connectivity index (χ0v) is 18.0. The highest BCUT2D eigenvalue weighted by Gasteiger charge is 2.13. The largest absolute Gasteiger partial charge is 0.488 e. The Morgan fingerprint density at radius 1 is 1.00 bits per heavy atom. The Bertz CT molecular complexity index is 1060. The van der Waals surface area contributed by atoms with Crippen molar-refractivity contribution < 1.29 is 14.3 Å². The fourth-order valence-electron chi connectivity index (χ4n) is 2.42. The Morgan fingerprint density at radius 3 is 2.47 bits per heavy atom. The van der Waals surface area contributed by atoms with Gasteiger partial charge in [-0.25, -0.2) is 5.43 Å². The molecule has 0 aromatic heterocycles. The van der Waals surface area contributed by atoms with Gasteiger partial charge in [-0.1, -0.05) is 57.9 Å². The number of nitrogens with zero attached hydrogens (tertiary/aromatic N) is 1. The average Bonchev–Trinajstić information content (AvgIpc) is 2.75. The van der Waals surface area contributed by atoms with Crippen LogP contribution in [0.1, 0.15) is 11.1 Å². The van der Waals surface area contributed by atoms with Crippen LogP contribution in [0, 0.1) is 0 Å². The maximum Gasteiger partial charge on any atom is 0.329 e. The number of ether oxygens (including phenoxy) is 1. The van der Waals surface area contributed by atoms with Crippen LogP contribution < -0.4 is 15.5 Å². The van der Waals surface area contributed by atoms with Gasteiger partial charge in [0.05, 0.1) is 6.21 Å². The van der Waals surface area contributed by atoms with Crippen molar-refractivity contribution in [3.63, 3.8) is 0 Å². The minimum atomic E-state index is -0.900. The number of nitrogens with one attached hydrogen (secondary N) is 2. The van der Waals surface area contributed by atoms with Crippen LogP contribution in [0.15, 0.2) is 82.4 Å². The number of carbonyl (C=O) groups is 2. The lowest BCUT2D eigenvalue weighted by atomic mass is 10.2. The van der Waals surface area contributed by atoms with Gasteiger partial charge in [0.1, 0.15) is 12.4 Å². The Kier molecular flexibility index (Phi) is 7.59. The van der Waals surface area contributed by atoms with Crippen molar-refractivity contribution in [1.82, 2.24) is 5.43 Å². The van der Waals surface area contributed by atoms with Crippen molar-refractivity contribution in [3.05, 3.63) is 93.4 Å². The zero-order valence-electron chi connectivity index (χ0n) is 15.6. The standard InChI is InChI=1S/C22H17BrClN3O3/c23-17-6-11-20(30-14-15-4-2-1-3-5-15)16(12-17)13-25-27-22(29)21(28)26-19-9-7-18(24)8-10-19/h1-13H,14H2,(H,26,28)(H,27,29). The monoisotopic (exact) mass is 485 g/mol. The second kappa shape index (κ2) is 10.6. The Balaban J connectivity index is 1.60. The lowest BCUT2D eigenvalue weighted by Crippen LogP contribution is -2.32. The lowest BCUT2D eigenvalue weighted by Gasteiger charge is -2.09. The molecule has 0 unspecified atom stereocenters. The minimum Gasteiger partial charge on any atom is -0.488 e. The number of hydrazone groups is 1. The maximum absolute atomic E-state index is 12.0. The molecule has 0 spiro atoms. The second-order valence-corrected chi connectivity index (χ2v) is 7.47. The first-order valence-electron chi connectivity index (χ1n) is 8.87. The molecule has 3 rings (SSSR count). The number of anilines is 1. The summed E-state index contributed by atoms with van der Waals surface area (Å²) in [6, 6.07) is 21.6. The molecule has 2 amide bonds. The van der Waals surface area contributed by atoms with Crippen LogP contribution in [0.4, 0.5) is 5.69 Å². The van der Waals surface area contributed by atoms with Crippen molar-refractivity contribution in [3.8, 4) is 5.75 Å². The lowest BCUT2D eigenvalue weighted by molar-refractivity contribution is -0.136. The molecular weight excluding hydrogens is 470 g/mol. The number of amides is 2. The van der Waals surface area contributed by atoms with E-state index in [2.05, 4.69) is 31.8 Å².